The molecular weight excluding hydrogens is 468 g/mol. The molecule has 2 amide bonds. The van der Waals surface area contributed by atoms with Gasteiger partial charge in [0.25, 0.3) is 5.91 Å². The Kier molecular flexibility index (Phi) is 8.46. The predicted octanol–water partition coefficient (Wildman–Crippen LogP) is 4.59. The maximum absolute atomic E-state index is 12.8. The van der Waals surface area contributed by atoms with Crippen molar-refractivity contribution in [3.05, 3.63) is 95.1 Å². The van der Waals surface area contributed by atoms with Crippen molar-refractivity contribution in [1.82, 2.24) is 9.80 Å². The van der Waals surface area contributed by atoms with E-state index in [-0.39, 0.29) is 11.8 Å². The van der Waals surface area contributed by atoms with Crippen LogP contribution in [0.25, 0.3) is 6.08 Å². The van der Waals surface area contributed by atoms with Gasteiger partial charge in [0.2, 0.25) is 5.91 Å². The molecule has 1 heterocycles. The van der Waals surface area contributed by atoms with E-state index in [0.717, 1.165) is 11.1 Å². The number of hydrogen-bond acceptors (Lipinski definition) is 5. The van der Waals surface area contributed by atoms with E-state index in [9.17, 15) is 9.59 Å². The molecule has 0 saturated carbocycles. The first-order valence-electron chi connectivity index (χ1n) is 12.2. The first-order chi connectivity index (χ1) is 18.0. The number of carbonyl (C=O) groups excluding carboxylic acids is 2. The molecule has 0 spiro atoms. The average molecular weight is 501 g/mol. The maximum Gasteiger partial charge on any atom is 0.253 e. The van der Waals surface area contributed by atoms with E-state index in [0.29, 0.717) is 55.6 Å². The van der Waals surface area contributed by atoms with E-state index < -0.39 is 0 Å². The first kappa shape index (κ1) is 25.8. The Labute approximate surface area is 217 Å². The van der Waals surface area contributed by atoms with E-state index in [1.165, 1.54) is 5.56 Å². The number of rotatable bonds is 8. The molecule has 0 radical (unpaired) electrons. The highest BCUT2D eigenvalue weighted by Crippen LogP contribution is 2.29. The molecule has 1 saturated heterocycles. The van der Waals surface area contributed by atoms with Gasteiger partial charge in [-0.3, -0.25) is 9.59 Å². The fourth-order valence-corrected chi connectivity index (χ4v) is 4.19. The minimum Gasteiger partial charge on any atom is -0.497 e. The van der Waals surface area contributed by atoms with Gasteiger partial charge in [0.15, 0.2) is 11.5 Å². The summed E-state index contributed by atoms with van der Waals surface area (Å²) in [6.07, 6.45) is 3.33. The summed E-state index contributed by atoms with van der Waals surface area (Å²) < 4.78 is 16.6. The zero-order chi connectivity index (χ0) is 26.2. The van der Waals surface area contributed by atoms with Gasteiger partial charge >= 0.3 is 0 Å². The molecule has 0 bridgehead atoms. The standard InChI is InChI=1S/C30H32N2O5/c1-22-5-4-6-24(19-22)21-37-27-13-7-23(20-28(27)36-3)8-14-29(33)31-15-17-32(18-16-31)30(34)25-9-11-26(35-2)12-10-25/h4-14,19-20H,15-18,21H2,1-3H3/b14-8+. The summed E-state index contributed by atoms with van der Waals surface area (Å²) in [5, 5.41) is 0. The molecule has 3 aromatic rings. The molecule has 0 unspecified atom stereocenters. The first-order valence-corrected chi connectivity index (χ1v) is 12.2. The molecule has 7 heteroatoms. The summed E-state index contributed by atoms with van der Waals surface area (Å²) >= 11 is 0. The van der Waals surface area contributed by atoms with E-state index >= 15 is 0 Å². The van der Waals surface area contributed by atoms with Gasteiger partial charge in [-0.25, -0.2) is 0 Å². The Morgan fingerprint density at radius 2 is 1.57 bits per heavy atom. The fourth-order valence-electron chi connectivity index (χ4n) is 4.19. The van der Waals surface area contributed by atoms with Crippen LogP contribution in [-0.4, -0.2) is 62.0 Å². The number of hydrogen-bond donors (Lipinski definition) is 0. The van der Waals surface area contributed by atoms with Gasteiger partial charge in [0, 0.05) is 37.8 Å². The maximum atomic E-state index is 12.8. The largest absolute Gasteiger partial charge is 0.497 e. The Morgan fingerprint density at radius 1 is 0.838 bits per heavy atom. The number of piperazine rings is 1. The van der Waals surface area contributed by atoms with E-state index in [2.05, 4.69) is 19.1 Å². The predicted molar refractivity (Wildman–Crippen MR) is 143 cm³/mol. The lowest BCUT2D eigenvalue weighted by molar-refractivity contribution is -0.127. The molecule has 0 aliphatic carbocycles. The van der Waals surface area contributed by atoms with Crippen molar-refractivity contribution in [2.45, 2.75) is 13.5 Å². The summed E-state index contributed by atoms with van der Waals surface area (Å²) in [5.41, 5.74) is 3.72. The van der Waals surface area contributed by atoms with Crippen LogP contribution in [-0.2, 0) is 11.4 Å². The SMILES string of the molecule is COc1ccc(C(=O)N2CCN(C(=O)/C=C/c3ccc(OCc4cccc(C)c4)c(OC)c3)CC2)cc1. The van der Waals surface area contributed by atoms with Crippen LogP contribution in [0.5, 0.6) is 17.2 Å². The van der Waals surface area contributed by atoms with Crippen molar-refractivity contribution < 1.29 is 23.8 Å². The van der Waals surface area contributed by atoms with Crippen LogP contribution in [0.15, 0.2) is 72.8 Å². The molecule has 1 aliphatic heterocycles. The van der Waals surface area contributed by atoms with E-state index in [1.54, 1.807) is 60.4 Å². The minimum atomic E-state index is -0.0877. The second kappa shape index (κ2) is 12.1. The second-order valence-electron chi connectivity index (χ2n) is 8.87. The summed E-state index contributed by atoms with van der Waals surface area (Å²) in [5.74, 6) is 1.83. The van der Waals surface area contributed by atoms with Crippen molar-refractivity contribution in [3.63, 3.8) is 0 Å². The number of aryl methyl sites for hydroxylation is 1. The van der Waals surface area contributed by atoms with Crippen LogP contribution in [0.4, 0.5) is 0 Å². The third-order valence-electron chi connectivity index (χ3n) is 6.30. The third kappa shape index (κ3) is 6.70. The molecule has 1 aliphatic rings. The van der Waals surface area contributed by atoms with Gasteiger partial charge in [-0.05, 0) is 60.5 Å². The molecule has 0 aromatic heterocycles. The van der Waals surface area contributed by atoms with Crippen molar-refractivity contribution in [3.8, 4) is 17.2 Å². The summed E-state index contributed by atoms with van der Waals surface area (Å²) in [6, 6.07) is 20.8. The van der Waals surface area contributed by atoms with Crippen molar-refractivity contribution in [2.75, 3.05) is 40.4 Å². The molecular formula is C30H32N2O5. The van der Waals surface area contributed by atoms with E-state index in [4.69, 9.17) is 14.2 Å². The van der Waals surface area contributed by atoms with Gasteiger partial charge in [-0.1, -0.05) is 35.9 Å². The normalized spacial score (nSPS) is 13.5. The number of benzene rings is 3. The van der Waals surface area contributed by atoms with Crippen LogP contribution in [0, 0.1) is 6.92 Å². The van der Waals surface area contributed by atoms with E-state index in [1.807, 2.05) is 30.3 Å². The van der Waals surface area contributed by atoms with Crippen LogP contribution in [0.2, 0.25) is 0 Å². The average Bonchev–Trinajstić information content (AvgIpc) is 2.94. The Balaban J connectivity index is 1.31. The minimum absolute atomic E-state index is 0.0397. The van der Waals surface area contributed by atoms with Gasteiger partial charge in [0.05, 0.1) is 14.2 Å². The molecule has 192 valence electrons. The summed E-state index contributed by atoms with van der Waals surface area (Å²) in [6.45, 7) is 4.45. The number of nitrogens with zero attached hydrogens (tertiary/aromatic N) is 2. The van der Waals surface area contributed by atoms with Crippen molar-refractivity contribution >= 4 is 17.9 Å². The van der Waals surface area contributed by atoms with Gasteiger partial charge < -0.3 is 24.0 Å². The smallest absolute Gasteiger partial charge is 0.253 e. The van der Waals surface area contributed by atoms with Crippen LogP contribution >= 0.6 is 0 Å². The van der Waals surface area contributed by atoms with Crippen LogP contribution in [0.3, 0.4) is 0 Å². The van der Waals surface area contributed by atoms with Gasteiger partial charge in [-0.2, -0.15) is 0 Å². The Bertz CT molecular complexity index is 1260. The number of carbonyl (C=O) groups is 2. The number of ether oxygens (including phenoxy) is 3. The van der Waals surface area contributed by atoms with Crippen LogP contribution in [0.1, 0.15) is 27.0 Å². The summed E-state index contributed by atoms with van der Waals surface area (Å²) in [7, 11) is 3.19. The summed E-state index contributed by atoms with van der Waals surface area (Å²) in [4.78, 5) is 29.1. The lowest BCUT2D eigenvalue weighted by atomic mass is 10.1. The zero-order valence-electron chi connectivity index (χ0n) is 21.5. The quantitative estimate of drug-likeness (QED) is 0.423. The highest BCUT2D eigenvalue weighted by Gasteiger charge is 2.24. The molecule has 0 N–H and O–H groups in total. The Hall–Kier alpha value is -4.26. The number of amides is 2. The second-order valence-corrected chi connectivity index (χ2v) is 8.87. The molecule has 0 atom stereocenters. The molecule has 37 heavy (non-hydrogen) atoms. The molecule has 7 nitrogen and oxygen atoms in total. The highest BCUT2D eigenvalue weighted by atomic mass is 16.5. The van der Waals surface area contributed by atoms with Crippen molar-refractivity contribution in [2.24, 2.45) is 0 Å². The lowest BCUT2D eigenvalue weighted by Gasteiger charge is -2.34. The molecule has 1 fully saturated rings. The Morgan fingerprint density at radius 3 is 2.24 bits per heavy atom. The third-order valence-corrected chi connectivity index (χ3v) is 6.30. The molecule has 3 aromatic carbocycles. The van der Waals surface area contributed by atoms with Gasteiger partial charge in [-0.15, -0.1) is 0 Å². The zero-order valence-corrected chi connectivity index (χ0v) is 21.5. The molecule has 4 rings (SSSR count). The van der Waals surface area contributed by atoms with Crippen LogP contribution < -0.4 is 14.2 Å². The monoisotopic (exact) mass is 500 g/mol. The van der Waals surface area contributed by atoms with Gasteiger partial charge in [0.1, 0.15) is 12.4 Å². The fraction of sp³-hybridized carbons (Fsp3) is 0.267. The highest BCUT2D eigenvalue weighted by molar-refractivity contribution is 5.95. The topological polar surface area (TPSA) is 68.3 Å². The number of methoxy groups -OCH3 is 2. The lowest BCUT2D eigenvalue weighted by Crippen LogP contribution is -2.50. The van der Waals surface area contributed by atoms with Crippen molar-refractivity contribution in [1.29, 1.82) is 0 Å².